The van der Waals surface area contributed by atoms with Crippen LogP contribution in [0.4, 0.5) is 10.1 Å². The second-order valence-corrected chi connectivity index (χ2v) is 6.50. The summed E-state index contributed by atoms with van der Waals surface area (Å²) in [5, 5.41) is 0. The van der Waals surface area contributed by atoms with Gasteiger partial charge in [0.2, 0.25) is 15.9 Å². The van der Waals surface area contributed by atoms with Crippen molar-refractivity contribution in [3.05, 3.63) is 24.0 Å². The predicted octanol–water partition coefficient (Wildman–Crippen LogP) is 0.307. The summed E-state index contributed by atoms with van der Waals surface area (Å²) in [7, 11) is -2.40. The number of sulfonamides is 1. The van der Waals surface area contributed by atoms with Crippen LogP contribution >= 0.6 is 0 Å². The van der Waals surface area contributed by atoms with Crippen LogP contribution in [0.1, 0.15) is 12.8 Å². The van der Waals surface area contributed by atoms with E-state index in [0.29, 0.717) is 6.42 Å². The molecule has 0 saturated carbocycles. The van der Waals surface area contributed by atoms with Crippen LogP contribution < -0.4 is 10.5 Å². The van der Waals surface area contributed by atoms with E-state index in [1.54, 1.807) is 7.05 Å². The van der Waals surface area contributed by atoms with Gasteiger partial charge in [-0.3, -0.25) is 4.79 Å². The van der Waals surface area contributed by atoms with Crippen molar-refractivity contribution in [2.75, 3.05) is 19.3 Å². The number of nitrogens with two attached hydrogens (primary N) is 1. The van der Waals surface area contributed by atoms with Crippen LogP contribution in [0.15, 0.2) is 23.1 Å². The first-order valence-electron chi connectivity index (χ1n) is 6.11. The van der Waals surface area contributed by atoms with E-state index in [2.05, 4.69) is 4.72 Å². The third-order valence-electron chi connectivity index (χ3n) is 3.19. The highest BCUT2D eigenvalue weighted by Crippen LogP contribution is 2.19. The van der Waals surface area contributed by atoms with Crippen molar-refractivity contribution in [1.82, 2.24) is 9.62 Å². The first kappa shape index (κ1) is 14.7. The van der Waals surface area contributed by atoms with Crippen LogP contribution in [-0.2, 0) is 14.8 Å². The molecule has 0 aromatic heterocycles. The lowest BCUT2D eigenvalue weighted by atomic mass is 10.1. The lowest BCUT2D eigenvalue weighted by Crippen LogP contribution is -2.48. The van der Waals surface area contributed by atoms with Gasteiger partial charge in [0.05, 0.1) is 0 Å². The molecule has 20 heavy (non-hydrogen) atoms. The van der Waals surface area contributed by atoms with Gasteiger partial charge in [-0.25, -0.2) is 17.5 Å². The van der Waals surface area contributed by atoms with E-state index in [1.165, 1.54) is 11.0 Å². The molecule has 1 aliphatic rings. The summed E-state index contributed by atoms with van der Waals surface area (Å²) in [4.78, 5) is 12.3. The Balaban J connectivity index is 2.19. The minimum Gasteiger partial charge on any atom is -0.399 e. The number of likely N-dealkylation sites (N-methyl/N-ethyl adjacent to an activating group) is 1. The molecule has 1 heterocycles. The zero-order chi connectivity index (χ0) is 14.9. The highest BCUT2D eigenvalue weighted by molar-refractivity contribution is 7.89. The van der Waals surface area contributed by atoms with Gasteiger partial charge in [-0.05, 0) is 24.6 Å². The van der Waals surface area contributed by atoms with Crippen molar-refractivity contribution in [2.24, 2.45) is 0 Å². The average molecular weight is 301 g/mol. The third-order valence-corrected chi connectivity index (χ3v) is 4.73. The van der Waals surface area contributed by atoms with E-state index in [4.69, 9.17) is 5.73 Å². The minimum absolute atomic E-state index is 0.0319. The molecular weight excluding hydrogens is 285 g/mol. The monoisotopic (exact) mass is 301 g/mol. The highest BCUT2D eigenvalue weighted by atomic mass is 32.2. The third kappa shape index (κ3) is 3.07. The minimum atomic E-state index is -4.00. The Morgan fingerprint density at radius 2 is 2.15 bits per heavy atom. The molecule has 1 aliphatic heterocycles. The van der Waals surface area contributed by atoms with Crippen molar-refractivity contribution < 1.29 is 17.6 Å². The van der Waals surface area contributed by atoms with Crippen LogP contribution in [0, 0.1) is 5.82 Å². The number of hydrogen-bond acceptors (Lipinski definition) is 4. The van der Waals surface area contributed by atoms with E-state index < -0.39 is 26.8 Å². The molecule has 2 rings (SSSR count). The van der Waals surface area contributed by atoms with E-state index >= 15 is 0 Å². The highest BCUT2D eigenvalue weighted by Gasteiger charge is 2.28. The maximum atomic E-state index is 13.6. The molecule has 1 aromatic carbocycles. The summed E-state index contributed by atoms with van der Waals surface area (Å²) >= 11 is 0. The van der Waals surface area contributed by atoms with Crippen LogP contribution in [0.25, 0.3) is 0 Å². The molecule has 1 amide bonds. The van der Waals surface area contributed by atoms with Gasteiger partial charge in [-0.1, -0.05) is 0 Å². The fourth-order valence-electron chi connectivity index (χ4n) is 2.12. The normalized spacial score (nSPS) is 20.2. The number of carbonyl (C=O) groups is 1. The summed E-state index contributed by atoms with van der Waals surface area (Å²) in [5.41, 5.74) is 5.65. The molecule has 0 aliphatic carbocycles. The zero-order valence-corrected chi connectivity index (χ0v) is 11.8. The second-order valence-electron chi connectivity index (χ2n) is 4.82. The number of amides is 1. The number of benzene rings is 1. The molecule has 8 heteroatoms. The number of nitrogens with zero attached hydrogens (tertiary/aromatic N) is 1. The molecule has 0 spiro atoms. The number of likely N-dealkylation sites (tertiary alicyclic amines) is 1. The fraction of sp³-hybridized carbons (Fsp3) is 0.417. The van der Waals surface area contributed by atoms with Gasteiger partial charge < -0.3 is 10.6 Å². The molecule has 0 radical (unpaired) electrons. The largest absolute Gasteiger partial charge is 0.399 e. The first-order chi connectivity index (χ1) is 9.29. The Kier molecular flexibility index (Phi) is 3.96. The Hall–Kier alpha value is -1.67. The maximum Gasteiger partial charge on any atom is 0.243 e. The smallest absolute Gasteiger partial charge is 0.243 e. The van der Waals surface area contributed by atoms with Crippen LogP contribution in [0.2, 0.25) is 0 Å². The molecule has 110 valence electrons. The Labute approximate surface area is 116 Å². The number of nitrogens with one attached hydrogen (secondary N) is 1. The maximum absolute atomic E-state index is 13.6. The predicted molar refractivity (Wildman–Crippen MR) is 71.8 cm³/mol. The summed E-state index contributed by atoms with van der Waals surface area (Å²) in [6.07, 6.45) is 0.662. The van der Waals surface area contributed by atoms with Gasteiger partial charge >= 0.3 is 0 Å². The van der Waals surface area contributed by atoms with Crippen molar-refractivity contribution in [1.29, 1.82) is 0 Å². The Morgan fingerprint density at radius 1 is 1.45 bits per heavy atom. The van der Waals surface area contributed by atoms with Crippen molar-refractivity contribution in [2.45, 2.75) is 23.8 Å². The summed E-state index contributed by atoms with van der Waals surface area (Å²) in [6, 6.07) is 2.96. The summed E-state index contributed by atoms with van der Waals surface area (Å²) < 4.78 is 40.3. The van der Waals surface area contributed by atoms with Crippen LogP contribution in [0.5, 0.6) is 0 Å². The van der Waals surface area contributed by atoms with Gasteiger partial charge in [-0.2, -0.15) is 0 Å². The fourth-order valence-corrected chi connectivity index (χ4v) is 3.49. The Bertz CT molecular complexity index is 633. The standard InChI is InChI=1S/C12H16FN3O3S/c1-16-7-9(3-5-12(16)17)15-20(18,19)11-6-8(14)2-4-10(11)13/h2,4,6,9,15H,3,5,7,14H2,1H3. The topological polar surface area (TPSA) is 92.5 Å². The quantitative estimate of drug-likeness (QED) is 0.786. The molecule has 1 saturated heterocycles. The van der Waals surface area contributed by atoms with E-state index in [9.17, 15) is 17.6 Å². The number of hydrogen-bond donors (Lipinski definition) is 2. The van der Waals surface area contributed by atoms with Gasteiger partial charge in [0, 0.05) is 31.7 Å². The number of halogens is 1. The number of rotatable bonds is 3. The lowest BCUT2D eigenvalue weighted by Gasteiger charge is -2.29. The number of carbonyl (C=O) groups excluding carboxylic acids is 1. The molecule has 1 atom stereocenters. The van der Waals surface area contributed by atoms with E-state index in [-0.39, 0.29) is 24.6 Å². The number of nitrogen functional groups attached to an aromatic ring is 1. The Morgan fingerprint density at radius 3 is 2.80 bits per heavy atom. The van der Waals surface area contributed by atoms with E-state index in [1.807, 2.05) is 0 Å². The van der Waals surface area contributed by atoms with Crippen molar-refractivity contribution in [3.8, 4) is 0 Å². The molecule has 1 fully saturated rings. The lowest BCUT2D eigenvalue weighted by molar-refractivity contribution is -0.132. The van der Waals surface area contributed by atoms with Crippen molar-refractivity contribution in [3.63, 3.8) is 0 Å². The second kappa shape index (κ2) is 5.37. The number of piperidine rings is 1. The molecule has 0 bridgehead atoms. The van der Waals surface area contributed by atoms with Gasteiger partial charge in [0.25, 0.3) is 0 Å². The van der Waals surface area contributed by atoms with Gasteiger partial charge in [0.15, 0.2) is 0 Å². The van der Waals surface area contributed by atoms with Gasteiger partial charge in [-0.15, -0.1) is 0 Å². The summed E-state index contributed by atoms with van der Waals surface area (Å²) in [5.74, 6) is -0.887. The summed E-state index contributed by atoms with van der Waals surface area (Å²) in [6.45, 7) is 0.266. The van der Waals surface area contributed by atoms with Crippen LogP contribution in [-0.4, -0.2) is 38.9 Å². The molecular formula is C12H16FN3O3S. The molecule has 1 unspecified atom stereocenters. The zero-order valence-electron chi connectivity index (χ0n) is 11.0. The van der Waals surface area contributed by atoms with Gasteiger partial charge in [0.1, 0.15) is 10.7 Å². The van der Waals surface area contributed by atoms with Crippen LogP contribution in [0.3, 0.4) is 0 Å². The molecule has 3 N–H and O–H groups in total. The van der Waals surface area contributed by atoms with E-state index in [0.717, 1.165) is 12.1 Å². The first-order valence-corrected chi connectivity index (χ1v) is 7.59. The number of anilines is 1. The molecule has 6 nitrogen and oxygen atoms in total. The molecule has 1 aromatic rings. The average Bonchev–Trinajstić information content (AvgIpc) is 2.36. The SMILES string of the molecule is CN1CC(NS(=O)(=O)c2cc(N)ccc2F)CCC1=O. The van der Waals surface area contributed by atoms with Crippen molar-refractivity contribution >= 4 is 21.6 Å².